The average molecular weight is 493 g/mol. The third kappa shape index (κ3) is 4.18. The first kappa shape index (κ1) is 22.5. The maximum Gasteiger partial charge on any atom is 0.446 e. The molecule has 0 saturated carbocycles. The van der Waals surface area contributed by atoms with Gasteiger partial charge in [0.25, 0.3) is 11.0 Å². The summed E-state index contributed by atoms with van der Waals surface area (Å²) in [6.07, 6.45) is 0. The van der Waals surface area contributed by atoms with Gasteiger partial charge in [-0.05, 0) is 30.2 Å². The topological polar surface area (TPSA) is 193 Å². The number of rotatable bonds is 5. The Balaban J connectivity index is 2.19. The van der Waals surface area contributed by atoms with Crippen molar-refractivity contribution < 1.29 is 36.4 Å². The number of nitro benzene ring substituents is 1. The number of phenols is 1. The molecule has 13 nitrogen and oxygen atoms in total. The van der Waals surface area contributed by atoms with E-state index >= 15 is 0 Å². The van der Waals surface area contributed by atoms with Crippen LogP contribution in [-0.4, -0.2) is 33.1 Å². The highest BCUT2D eigenvalue weighted by Crippen LogP contribution is 2.41. The van der Waals surface area contributed by atoms with E-state index in [2.05, 4.69) is 14.3 Å². The van der Waals surface area contributed by atoms with Crippen molar-refractivity contribution in [3.63, 3.8) is 0 Å². The van der Waals surface area contributed by atoms with Crippen molar-refractivity contribution in [3.8, 4) is 34.3 Å². The van der Waals surface area contributed by atoms with Gasteiger partial charge in [-0.15, -0.1) is 0 Å². The lowest BCUT2D eigenvalue weighted by Gasteiger charge is -2.10. The van der Waals surface area contributed by atoms with E-state index in [-0.39, 0.29) is 38.7 Å². The van der Waals surface area contributed by atoms with Gasteiger partial charge in [0.2, 0.25) is 17.3 Å². The second kappa shape index (κ2) is 7.81. The minimum Gasteiger partial charge on any atom is -0.617 e. The summed E-state index contributed by atoms with van der Waals surface area (Å²) in [7, 11) is -5.12. The summed E-state index contributed by atoms with van der Waals surface area (Å²) in [5.74, 6) is -2.71. The number of hydrogen-bond donors (Lipinski definition) is 2. The summed E-state index contributed by atoms with van der Waals surface area (Å²) in [5, 5.41) is 36.7. The standard InChI is InChI=1S/C15H10Cl2N4O9S/c1-5-10(13(17)20(23)6(2)11(5)16)14-18-15(29-19-14)7-3-8(21(24)25)12(22)9(4-7)30-31(26,27)28/h3-4,22H,1-2H3,(H,26,27,28). The van der Waals surface area contributed by atoms with Gasteiger partial charge in [0.15, 0.2) is 5.75 Å². The fourth-order valence-electron chi connectivity index (χ4n) is 2.61. The molecule has 3 rings (SSSR count). The Kier molecular flexibility index (Phi) is 5.66. The zero-order valence-electron chi connectivity index (χ0n) is 15.4. The van der Waals surface area contributed by atoms with Crippen LogP contribution in [0.3, 0.4) is 0 Å². The van der Waals surface area contributed by atoms with Crippen LogP contribution in [0.25, 0.3) is 22.8 Å². The molecule has 0 amide bonds. The molecule has 2 aromatic heterocycles. The third-order valence-electron chi connectivity index (χ3n) is 4.05. The molecule has 164 valence electrons. The van der Waals surface area contributed by atoms with Crippen LogP contribution >= 0.6 is 23.2 Å². The van der Waals surface area contributed by atoms with Crippen molar-refractivity contribution in [3.05, 3.63) is 48.9 Å². The fraction of sp³-hybridized carbons (Fsp3) is 0.133. The number of nitro groups is 1. The Hall–Kier alpha value is -3.20. The minimum atomic E-state index is -5.12. The fourth-order valence-corrected chi connectivity index (χ4v) is 3.49. The van der Waals surface area contributed by atoms with Gasteiger partial charge < -0.3 is 19.0 Å². The summed E-state index contributed by atoms with van der Waals surface area (Å²) in [6, 6.07) is 1.60. The number of hydrogen-bond acceptors (Lipinski definition) is 10. The van der Waals surface area contributed by atoms with E-state index in [1.807, 2.05) is 0 Å². The number of phenolic OH excluding ortho intramolecular Hbond substituents is 1. The summed E-state index contributed by atoms with van der Waals surface area (Å²) >= 11 is 12.2. The molecule has 1 aromatic carbocycles. The van der Waals surface area contributed by atoms with E-state index in [0.29, 0.717) is 10.3 Å². The van der Waals surface area contributed by atoms with Gasteiger partial charge in [-0.2, -0.15) is 18.1 Å². The summed E-state index contributed by atoms with van der Waals surface area (Å²) < 4.78 is 40.3. The van der Waals surface area contributed by atoms with Gasteiger partial charge in [0.05, 0.1) is 10.5 Å². The molecule has 0 atom stereocenters. The van der Waals surface area contributed by atoms with Crippen LogP contribution in [0.2, 0.25) is 10.2 Å². The quantitative estimate of drug-likeness (QED) is 0.133. The molecular formula is C15H10Cl2N4O9S. The first-order chi connectivity index (χ1) is 14.3. The SMILES string of the molecule is Cc1c(Cl)c(C)[n+]([O-])c(Cl)c1-c1noc(-c2cc(OS(=O)(=O)O)c(O)c([N+](=O)[O-])c2)n1. The third-order valence-corrected chi connectivity index (χ3v) is 5.34. The summed E-state index contributed by atoms with van der Waals surface area (Å²) in [5.41, 5.74) is -0.691. The molecule has 0 aliphatic heterocycles. The van der Waals surface area contributed by atoms with Crippen LogP contribution in [0.15, 0.2) is 16.7 Å². The van der Waals surface area contributed by atoms with Crippen LogP contribution in [-0.2, 0) is 10.4 Å². The Labute approximate surface area is 183 Å². The number of pyridine rings is 1. The number of nitrogens with zero attached hydrogens (tertiary/aromatic N) is 4. The average Bonchev–Trinajstić information content (AvgIpc) is 3.15. The van der Waals surface area contributed by atoms with Crippen LogP contribution < -0.4 is 8.91 Å². The van der Waals surface area contributed by atoms with Crippen molar-refractivity contribution in [1.82, 2.24) is 10.1 Å². The molecule has 31 heavy (non-hydrogen) atoms. The molecule has 0 aliphatic rings. The molecule has 0 bridgehead atoms. The van der Waals surface area contributed by atoms with E-state index < -0.39 is 32.5 Å². The van der Waals surface area contributed by atoms with E-state index in [0.717, 1.165) is 12.1 Å². The lowest BCUT2D eigenvalue weighted by Crippen LogP contribution is -2.33. The van der Waals surface area contributed by atoms with Crippen molar-refractivity contribution in [1.29, 1.82) is 0 Å². The molecule has 2 heterocycles. The molecule has 0 aliphatic carbocycles. The Morgan fingerprint density at radius 3 is 2.52 bits per heavy atom. The van der Waals surface area contributed by atoms with Gasteiger partial charge >= 0.3 is 16.1 Å². The Bertz CT molecular complexity index is 1310. The molecular weight excluding hydrogens is 483 g/mol. The number of aromatic hydroxyl groups is 1. The van der Waals surface area contributed by atoms with Crippen LogP contribution in [0.5, 0.6) is 11.5 Å². The van der Waals surface area contributed by atoms with Gasteiger partial charge in [-0.25, -0.2) is 0 Å². The Morgan fingerprint density at radius 1 is 1.29 bits per heavy atom. The van der Waals surface area contributed by atoms with Crippen molar-refractivity contribution >= 4 is 39.3 Å². The second-order valence-electron chi connectivity index (χ2n) is 6.02. The monoisotopic (exact) mass is 492 g/mol. The number of halogens is 2. The maximum absolute atomic E-state index is 12.2. The second-order valence-corrected chi connectivity index (χ2v) is 7.78. The molecule has 0 saturated heterocycles. The zero-order chi connectivity index (χ0) is 23.2. The lowest BCUT2D eigenvalue weighted by molar-refractivity contribution is -0.609. The normalized spacial score (nSPS) is 11.5. The lowest BCUT2D eigenvalue weighted by atomic mass is 10.1. The first-order valence-corrected chi connectivity index (χ1v) is 10.0. The first-order valence-electron chi connectivity index (χ1n) is 7.92. The molecule has 0 fully saturated rings. The van der Waals surface area contributed by atoms with E-state index in [1.165, 1.54) is 6.92 Å². The van der Waals surface area contributed by atoms with Crippen molar-refractivity contribution in [2.75, 3.05) is 0 Å². The highest BCUT2D eigenvalue weighted by molar-refractivity contribution is 7.81. The highest BCUT2D eigenvalue weighted by Gasteiger charge is 2.29. The molecule has 2 N–H and O–H groups in total. The van der Waals surface area contributed by atoms with E-state index in [1.54, 1.807) is 6.92 Å². The van der Waals surface area contributed by atoms with Crippen molar-refractivity contribution in [2.45, 2.75) is 13.8 Å². The summed E-state index contributed by atoms with van der Waals surface area (Å²) in [6.45, 7) is 3.00. The maximum atomic E-state index is 12.2. The predicted molar refractivity (Wildman–Crippen MR) is 104 cm³/mol. The van der Waals surface area contributed by atoms with E-state index in [9.17, 15) is 28.8 Å². The smallest absolute Gasteiger partial charge is 0.446 e. The molecule has 0 radical (unpaired) electrons. The summed E-state index contributed by atoms with van der Waals surface area (Å²) in [4.78, 5) is 14.2. The van der Waals surface area contributed by atoms with Gasteiger partial charge in [-0.1, -0.05) is 16.8 Å². The number of benzene rings is 1. The van der Waals surface area contributed by atoms with Crippen molar-refractivity contribution in [2.24, 2.45) is 0 Å². The van der Waals surface area contributed by atoms with Crippen LogP contribution in [0.1, 0.15) is 11.3 Å². The van der Waals surface area contributed by atoms with E-state index in [4.69, 9.17) is 32.3 Å². The molecule has 0 spiro atoms. The zero-order valence-corrected chi connectivity index (χ0v) is 17.7. The minimum absolute atomic E-state index is 0.0324. The largest absolute Gasteiger partial charge is 0.617 e. The number of aromatic nitrogens is 3. The molecule has 3 aromatic rings. The van der Waals surface area contributed by atoms with Gasteiger partial charge in [0.1, 0.15) is 10.6 Å². The van der Waals surface area contributed by atoms with Gasteiger partial charge in [-0.3, -0.25) is 14.7 Å². The predicted octanol–water partition coefficient (Wildman–Crippen LogP) is 2.76. The van der Waals surface area contributed by atoms with Crippen LogP contribution in [0, 0.1) is 29.2 Å². The molecule has 0 unspecified atom stereocenters. The Morgan fingerprint density at radius 2 is 1.94 bits per heavy atom. The van der Waals surface area contributed by atoms with Crippen LogP contribution in [0.4, 0.5) is 5.69 Å². The molecule has 16 heteroatoms. The van der Waals surface area contributed by atoms with Gasteiger partial charge in [0, 0.05) is 13.0 Å². The highest BCUT2D eigenvalue weighted by atomic mass is 35.5.